The van der Waals surface area contributed by atoms with E-state index in [-0.39, 0.29) is 11.9 Å². The highest BCUT2D eigenvalue weighted by Gasteiger charge is 2.22. The number of amides is 3. The number of likely N-dealkylation sites (tertiary alicyclic amines) is 1. The Kier molecular flexibility index (Phi) is 4.98. The van der Waals surface area contributed by atoms with Gasteiger partial charge in [-0.2, -0.15) is 0 Å². The number of hydrogen-bond donors (Lipinski definition) is 2. The van der Waals surface area contributed by atoms with Crippen molar-refractivity contribution in [2.45, 2.75) is 31.7 Å². The van der Waals surface area contributed by atoms with Crippen LogP contribution >= 0.6 is 0 Å². The minimum atomic E-state index is -0.487. The average molecular weight is 275 g/mol. The van der Waals surface area contributed by atoms with Crippen molar-refractivity contribution in [2.75, 3.05) is 13.1 Å². The van der Waals surface area contributed by atoms with Crippen LogP contribution in [-0.4, -0.2) is 36.0 Å². The lowest BCUT2D eigenvalue weighted by Crippen LogP contribution is -2.47. The van der Waals surface area contributed by atoms with Crippen molar-refractivity contribution < 1.29 is 9.59 Å². The first-order valence-corrected chi connectivity index (χ1v) is 7.03. The molecule has 3 N–H and O–H groups in total. The molecule has 0 aliphatic carbocycles. The molecule has 1 aromatic rings. The fraction of sp³-hybridized carbons (Fsp3) is 0.467. The van der Waals surface area contributed by atoms with E-state index in [2.05, 4.69) is 5.32 Å². The Balaban J connectivity index is 1.73. The second kappa shape index (κ2) is 6.93. The molecule has 0 saturated carbocycles. The van der Waals surface area contributed by atoms with Crippen LogP contribution in [0.4, 0.5) is 4.79 Å². The first-order valence-electron chi connectivity index (χ1n) is 7.03. The molecule has 3 amide bonds. The van der Waals surface area contributed by atoms with Gasteiger partial charge in [-0.05, 0) is 24.8 Å². The third kappa shape index (κ3) is 4.26. The van der Waals surface area contributed by atoms with Gasteiger partial charge >= 0.3 is 6.03 Å². The molecule has 0 unspecified atom stereocenters. The highest BCUT2D eigenvalue weighted by atomic mass is 16.2. The molecule has 1 heterocycles. The van der Waals surface area contributed by atoms with Crippen LogP contribution in [0.5, 0.6) is 0 Å². The van der Waals surface area contributed by atoms with Gasteiger partial charge in [-0.1, -0.05) is 30.3 Å². The van der Waals surface area contributed by atoms with Crippen molar-refractivity contribution >= 4 is 11.9 Å². The van der Waals surface area contributed by atoms with Gasteiger partial charge in [0.1, 0.15) is 0 Å². The van der Waals surface area contributed by atoms with E-state index in [1.807, 2.05) is 35.2 Å². The Labute approximate surface area is 119 Å². The normalized spacial score (nSPS) is 15.9. The maximum atomic E-state index is 12.1. The summed E-state index contributed by atoms with van der Waals surface area (Å²) in [6.07, 6.45) is 2.87. The minimum absolute atomic E-state index is 0.102. The van der Waals surface area contributed by atoms with Crippen LogP contribution in [0, 0.1) is 0 Å². The minimum Gasteiger partial charge on any atom is -0.352 e. The summed E-state index contributed by atoms with van der Waals surface area (Å²) in [4.78, 5) is 24.8. The summed E-state index contributed by atoms with van der Waals surface area (Å²) in [6, 6.07) is 9.64. The predicted octanol–water partition coefficient (Wildman–Crippen LogP) is 1.28. The summed E-state index contributed by atoms with van der Waals surface area (Å²) < 4.78 is 0. The zero-order valence-corrected chi connectivity index (χ0v) is 11.5. The van der Waals surface area contributed by atoms with Gasteiger partial charge in [0.15, 0.2) is 0 Å². The Morgan fingerprint density at radius 1 is 1.20 bits per heavy atom. The smallest absolute Gasteiger partial charge is 0.312 e. The molecule has 1 saturated heterocycles. The molecular formula is C15H21N3O2. The van der Waals surface area contributed by atoms with Gasteiger partial charge in [0.05, 0.1) is 0 Å². The predicted molar refractivity (Wildman–Crippen MR) is 77.1 cm³/mol. The van der Waals surface area contributed by atoms with Crippen molar-refractivity contribution in [3.63, 3.8) is 0 Å². The molecule has 1 aromatic carbocycles. The van der Waals surface area contributed by atoms with Crippen molar-refractivity contribution in [3.8, 4) is 0 Å². The lowest BCUT2D eigenvalue weighted by atomic mass is 10.0. The van der Waals surface area contributed by atoms with Gasteiger partial charge in [0, 0.05) is 25.6 Å². The van der Waals surface area contributed by atoms with E-state index in [9.17, 15) is 9.59 Å². The van der Waals surface area contributed by atoms with Crippen molar-refractivity contribution in [1.82, 2.24) is 10.2 Å². The standard InChI is InChI=1S/C15H21N3O2/c16-15(20)17-13-8-10-18(11-9-13)14(19)7-6-12-4-2-1-3-5-12/h1-5,13H,6-11H2,(H3,16,17,20). The van der Waals surface area contributed by atoms with Gasteiger partial charge in [0.25, 0.3) is 0 Å². The molecule has 0 radical (unpaired) electrons. The van der Waals surface area contributed by atoms with E-state index >= 15 is 0 Å². The third-order valence-electron chi connectivity index (χ3n) is 3.66. The SMILES string of the molecule is NC(=O)NC1CCN(C(=O)CCc2ccccc2)CC1. The second-order valence-corrected chi connectivity index (χ2v) is 5.15. The molecule has 1 fully saturated rings. The maximum absolute atomic E-state index is 12.1. The Bertz CT molecular complexity index is 453. The Hall–Kier alpha value is -2.04. The van der Waals surface area contributed by atoms with Gasteiger partial charge < -0.3 is 16.0 Å². The van der Waals surface area contributed by atoms with Gasteiger partial charge in [0.2, 0.25) is 5.91 Å². The van der Waals surface area contributed by atoms with E-state index in [1.165, 1.54) is 5.56 Å². The highest BCUT2D eigenvalue weighted by Crippen LogP contribution is 2.12. The molecule has 1 aliphatic heterocycles. The number of carbonyl (C=O) groups excluding carboxylic acids is 2. The van der Waals surface area contributed by atoms with E-state index in [0.717, 1.165) is 19.3 Å². The number of primary amides is 1. The van der Waals surface area contributed by atoms with Crippen LogP contribution in [0.3, 0.4) is 0 Å². The number of aryl methyl sites for hydroxylation is 1. The summed E-state index contributed by atoms with van der Waals surface area (Å²) >= 11 is 0. The number of nitrogens with two attached hydrogens (primary N) is 1. The van der Waals surface area contributed by atoms with Crippen LogP contribution in [0.1, 0.15) is 24.8 Å². The number of urea groups is 1. The monoisotopic (exact) mass is 275 g/mol. The molecule has 5 heteroatoms. The zero-order valence-electron chi connectivity index (χ0n) is 11.5. The molecule has 108 valence electrons. The van der Waals surface area contributed by atoms with Crippen LogP contribution in [-0.2, 0) is 11.2 Å². The molecule has 0 atom stereocenters. The van der Waals surface area contributed by atoms with Gasteiger partial charge in [-0.15, -0.1) is 0 Å². The number of nitrogens with zero attached hydrogens (tertiary/aromatic N) is 1. The summed E-state index contributed by atoms with van der Waals surface area (Å²) in [5.74, 6) is 0.186. The fourth-order valence-corrected chi connectivity index (χ4v) is 2.53. The lowest BCUT2D eigenvalue weighted by molar-refractivity contribution is -0.132. The molecule has 0 aromatic heterocycles. The number of piperidine rings is 1. The second-order valence-electron chi connectivity index (χ2n) is 5.15. The molecule has 20 heavy (non-hydrogen) atoms. The third-order valence-corrected chi connectivity index (χ3v) is 3.66. The number of benzene rings is 1. The fourth-order valence-electron chi connectivity index (χ4n) is 2.53. The lowest BCUT2D eigenvalue weighted by Gasteiger charge is -2.32. The first kappa shape index (κ1) is 14.4. The number of hydrogen-bond acceptors (Lipinski definition) is 2. The number of nitrogens with one attached hydrogen (secondary N) is 1. The van der Waals surface area contributed by atoms with Gasteiger partial charge in [-0.3, -0.25) is 4.79 Å². The van der Waals surface area contributed by atoms with E-state index in [1.54, 1.807) is 0 Å². The zero-order chi connectivity index (χ0) is 14.4. The molecular weight excluding hydrogens is 254 g/mol. The average Bonchev–Trinajstić information content (AvgIpc) is 2.46. The highest BCUT2D eigenvalue weighted by molar-refractivity contribution is 5.76. The molecule has 5 nitrogen and oxygen atoms in total. The quantitative estimate of drug-likeness (QED) is 0.868. The Morgan fingerprint density at radius 3 is 2.45 bits per heavy atom. The maximum Gasteiger partial charge on any atom is 0.312 e. The van der Waals surface area contributed by atoms with E-state index in [4.69, 9.17) is 5.73 Å². The van der Waals surface area contributed by atoms with Crippen LogP contribution < -0.4 is 11.1 Å². The van der Waals surface area contributed by atoms with Crippen molar-refractivity contribution in [2.24, 2.45) is 5.73 Å². The van der Waals surface area contributed by atoms with E-state index in [0.29, 0.717) is 19.5 Å². The van der Waals surface area contributed by atoms with Gasteiger partial charge in [-0.25, -0.2) is 4.79 Å². The first-order chi connectivity index (χ1) is 9.65. The molecule has 2 rings (SSSR count). The van der Waals surface area contributed by atoms with Crippen molar-refractivity contribution in [3.05, 3.63) is 35.9 Å². The summed E-state index contributed by atoms with van der Waals surface area (Å²) in [6.45, 7) is 1.39. The number of rotatable bonds is 4. The molecule has 1 aliphatic rings. The summed E-state index contributed by atoms with van der Waals surface area (Å²) in [5, 5.41) is 2.70. The van der Waals surface area contributed by atoms with Crippen molar-refractivity contribution in [1.29, 1.82) is 0 Å². The van der Waals surface area contributed by atoms with E-state index < -0.39 is 6.03 Å². The summed E-state index contributed by atoms with van der Waals surface area (Å²) in [5.41, 5.74) is 6.29. The van der Waals surface area contributed by atoms with Crippen LogP contribution in [0.15, 0.2) is 30.3 Å². The number of carbonyl (C=O) groups is 2. The van der Waals surface area contributed by atoms with Crippen LogP contribution in [0.2, 0.25) is 0 Å². The molecule has 0 bridgehead atoms. The Morgan fingerprint density at radius 2 is 1.85 bits per heavy atom. The summed E-state index contributed by atoms with van der Waals surface area (Å²) in [7, 11) is 0. The topological polar surface area (TPSA) is 75.4 Å². The van der Waals surface area contributed by atoms with Crippen LogP contribution in [0.25, 0.3) is 0 Å². The molecule has 0 spiro atoms. The largest absolute Gasteiger partial charge is 0.352 e.